The van der Waals surface area contributed by atoms with Crippen molar-refractivity contribution in [2.24, 2.45) is 5.73 Å². The summed E-state index contributed by atoms with van der Waals surface area (Å²) in [5.41, 5.74) is 7.29. The Morgan fingerprint density at radius 2 is 1.76 bits per heavy atom. The van der Waals surface area contributed by atoms with Crippen LogP contribution in [0.2, 0.25) is 5.02 Å². The summed E-state index contributed by atoms with van der Waals surface area (Å²) in [6.45, 7) is 0.995. The van der Waals surface area contributed by atoms with E-state index in [1.165, 1.54) is 6.07 Å². The van der Waals surface area contributed by atoms with Gasteiger partial charge >= 0.3 is 0 Å². The van der Waals surface area contributed by atoms with Gasteiger partial charge in [-0.05, 0) is 29.8 Å². The van der Waals surface area contributed by atoms with Gasteiger partial charge in [0.1, 0.15) is 19.0 Å². The van der Waals surface area contributed by atoms with Crippen LogP contribution in [0.4, 0.5) is 4.39 Å². The maximum atomic E-state index is 14.0. The number of benzene rings is 2. The molecular formula is C15H12BrClFNO2. The topological polar surface area (TPSA) is 44.5 Å². The maximum Gasteiger partial charge on any atom is 0.162 e. The second-order valence-corrected chi connectivity index (χ2v) is 5.95. The first-order chi connectivity index (χ1) is 10.1. The molecular weight excluding hydrogens is 361 g/mol. The lowest BCUT2D eigenvalue weighted by atomic mass is 9.98. The molecule has 0 fully saturated rings. The third kappa shape index (κ3) is 2.86. The average Bonchev–Trinajstić information content (AvgIpc) is 2.46. The highest BCUT2D eigenvalue weighted by Crippen LogP contribution is 2.39. The van der Waals surface area contributed by atoms with Crippen molar-refractivity contribution in [2.45, 2.75) is 6.04 Å². The van der Waals surface area contributed by atoms with Gasteiger partial charge in [0.2, 0.25) is 0 Å². The highest BCUT2D eigenvalue weighted by Gasteiger charge is 2.21. The fourth-order valence-corrected chi connectivity index (χ4v) is 2.97. The minimum atomic E-state index is -0.632. The quantitative estimate of drug-likeness (QED) is 0.864. The van der Waals surface area contributed by atoms with Gasteiger partial charge in [-0.25, -0.2) is 4.39 Å². The van der Waals surface area contributed by atoms with E-state index in [2.05, 4.69) is 15.9 Å². The molecule has 0 saturated heterocycles. The van der Waals surface area contributed by atoms with E-state index < -0.39 is 11.9 Å². The normalized spacial score (nSPS) is 14.9. The zero-order valence-corrected chi connectivity index (χ0v) is 13.2. The molecule has 1 aliphatic heterocycles. The minimum absolute atomic E-state index is 0.338. The second-order valence-electron chi connectivity index (χ2n) is 4.66. The van der Waals surface area contributed by atoms with Gasteiger partial charge in [0.15, 0.2) is 11.5 Å². The number of ether oxygens (including phenoxy) is 2. The van der Waals surface area contributed by atoms with E-state index in [4.69, 9.17) is 26.8 Å². The van der Waals surface area contributed by atoms with Gasteiger partial charge in [0.05, 0.1) is 6.04 Å². The van der Waals surface area contributed by atoms with Crippen molar-refractivity contribution >= 4 is 27.5 Å². The summed E-state index contributed by atoms with van der Waals surface area (Å²) < 4.78 is 25.8. The van der Waals surface area contributed by atoms with Gasteiger partial charge in [-0.2, -0.15) is 0 Å². The van der Waals surface area contributed by atoms with Crippen molar-refractivity contribution in [2.75, 3.05) is 13.2 Å². The minimum Gasteiger partial charge on any atom is -0.486 e. The van der Waals surface area contributed by atoms with E-state index in [-0.39, 0.29) is 0 Å². The lowest BCUT2D eigenvalue weighted by Gasteiger charge is -2.22. The number of halogens is 3. The highest BCUT2D eigenvalue weighted by atomic mass is 79.9. The third-order valence-electron chi connectivity index (χ3n) is 3.29. The van der Waals surface area contributed by atoms with Crippen molar-refractivity contribution in [3.05, 3.63) is 56.8 Å². The third-order valence-corrected chi connectivity index (χ3v) is 4.22. The van der Waals surface area contributed by atoms with Gasteiger partial charge in [-0.3, -0.25) is 0 Å². The molecule has 1 unspecified atom stereocenters. The van der Waals surface area contributed by atoms with Crippen LogP contribution in [0.3, 0.4) is 0 Å². The van der Waals surface area contributed by atoms with Crippen LogP contribution >= 0.6 is 27.5 Å². The number of nitrogens with two attached hydrogens (primary N) is 1. The Bertz CT molecular complexity index is 696. The Balaban J connectivity index is 2.03. The van der Waals surface area contributed by atoms with E-state index in [1.54, 1.807) is 24.3 Å². The molecule has 2 aromatic rings. The molecule has 0 spiro atoms. The largest absolute Gasteiger partial charge is 0.486 e. The SMILES string of the molecule is NC(c1ccc(Cl)cc1F)c1cc2c(cc1Br)OCCO2. The first-order valence-electron chi connectivity index (χ1n) is 6.36. The highest BCUT2D eigenvalue weighted by molar-refractivity contribution is 9.10. The molecule has 21 heavy (non-hydrogen) atoms. The number of hydrogen-bond donors (Lipinski definition) is 1. The molecule has 6 heteroatoms. The molecule has 110 valence electrons. The molecule has 0 aromatic heterocycles. The van der Waals surface area contributed by atoms with Crippen LogP contribution in [-0.4, -0.2) is 13.2 Å². The lowest BCUT2D eigenvalue weighted by Crippen LogP contribution is -2.18. The monoisotopic (exact) mass is 371 g/mol. The van der Waals surface area contributed by atoms with Crippen LogP contribution in [0, 0.1) is 5.82 Å². The Morgan fingerprint density at radius 3 is 2.43 bits per heavy atom. The summed E-state index contributed by atoms with van der Waals surface area (Å²) in [6, 6.07) is 7.39. The fraction of sp³-hybridized carbons (Fsp3) is 0.200. The smallest absolute Gasteiger partial charge is 0.162 e. The van der Waals surface area contributed by atoms with Crippen LogP contribution in [0.15, 0.2) is 34.8 Å². The summed E-state index contributed by atoms with van der Waals surface area (Å²) in [5.74, 6) is 0.835. The average molecular weight is 373 g/mol. The first kappa shape index (κ1) is 14.6. The molecule has 0 saturated carbocycles. The number of rotatable bonds is 2. The molecule has 3 nitrogen and oxygen atoms in total. The molecule has 2 aromatic carbocycles. The van der Waals surface area contributed by atoms with E-state index in [0.717, 1.165) is 10.0 Å². The maximum absolute atomic E-state index is 14.0. The van der Waals surface area contributed by atoms with Crippen LogP contribution in [-0.2, 0) is 0 Å². The van der Waals surface area contributed by atoms with Crippen molar-refractivity contribution in [1.29, 1.82) is 0 Å². The lowest BCUT2D eigenvalue weighted by molar-refractivity contribution is 0.171. The summed E-state index contributed by atoms with van der Waals surface area (Å²) in [5, 5.41) is 0.338. The Hall–Kier alpha value is -1.30. The van der Waals surface area contributed by atoms with Crippen LogP contribution in [0.1, 0.15) is 17.2 Å². The van der Waals surface area contributed by atoms with Crippen molar-refractivity contribution < 1.29 is 13.9 Å². The Kier molecular flexibility index (Phi) is 4.06. The molecule has 1 heterocycles. The van der Waals surface area contributed by atoms with E-state index in [0.29, 0.717) is 35.3 Å². The molecule has 2 N–H and O–H groups in total. The standard InChI is InChI=1S/C15H12BrClFNO2/c16-11-7-14-13(20-3-4-21-14)6-10(11)15(19)9-2-1-8(17)5-12(9)18/h1-2,5-7,15H,3-4,19H2. The number of hydrogen-bond acceptors (Lipinski definition) is 3. The van der Waals surface area contributed by atoms with E-state index >= 15 is 0 Å². The number of fused-ring (bicyclic) bond motifs is 1. The predicted molar refractivity (Wildman–Crippen MR) is 82.6 cm³/mol. The second kappa shape index (κ2) is 5.83. The van der Waals surface area contributed by atoms with E-state index in [1.807, 2.05) is 0 Å². The van der Waals surface area contributed by atoms with Gasteiger partial charge in [0.25, 0.3) is 0 Å². The van der Waals surface area contributed by atoms with Crippen molar-refractivity contribution in [3.8, 4) is 11.5 Å². The zero-order valence-electron chi connectivity index (χ0n) is 10.9. The van der Waals surface area contributed by atoms with Crippen molar-refractivity contribution in [1.82, 2.24) is 0 Å². The fourth-order valence-electron chi connectivity index (χ4n) is 2.24. The molecule has 1 atom stereocenters. The molecule has 0 amide bonds. The van der Waals surface area contributed by atoms with E-state index in [9.17, 15) is 4.39 Å². The first-order valence-corrected chi connectivity index (χ1v) is 7.53. The van der Waals surface area contributed by atoms with Gasteiger partial charge in [0, 0.05) is 15.1 Å². The van der Waals surface area contributed by atoms with Gasteiger partial charge < -0.3 is 15.2 Å². The summed E-state index contributed by atoms with van der Waals surface area (Å²) in [7, 11) is 0. The van der Waals surface area contributed by atoms with Crippen LogP contribution in [0.25, 0.3) is 0 Å². The predicted octanol–water partition coefficient (Wildman–Crippen LogP) is 4.06. The van der Waals surface area contributed by atoms with Crippen LogP contribution < -0.4 is 15.2 Å². The molecule has 0 aliphatic carbocycles. The molecule has 0 bridgehead atoms. The molecule has 0 radical (unpaired) electrons. The zero-order chi connectivity index (χ0) is 15.0. The van der Waals surface area contributed by atoms with Gasteiger partial charge in [-0.15, -0.1) is 0 Å². The molecule has 1 aliphatic rings. The summed E-state index contributed by atoms with van der Waals surface area (Å²) in [6.07, 6.45) is 0. The Labute approximate surface area is 134 Å². The molecule has 3 rings (SSSR count). The van der Waals surface area contributed by atoms with Crippen molar-refractivity contribution in [3.63, 3.8) is 0 Å². The van der Waals surface area contributed by atoms with Gasteiger partial charge in [-0.1, -0.05) is 33.6 Å². The van der Waals surface area contributed by atoms with Crippen LogP contribution in [0.5, 0.6) is 11.5 Å². The summed E-state index contributed by atoms with van der Waals surface area (Å²) >= 11 is 9.22. The summed E-state index contributed by atoms with van der Waals surface area (Å²) in [4.78, 5) is 0. The Morgan fingerprint density at radius 1 is 1.10 bits per heavy atom.